The number of allylic oxidation sites excluding steroid dienone is 1. The number of benzene rings is 2. The van der Waals surface area contributed by atoms with Crippen LogP contribution in [0.5, 0.6) is 11.5 Å². The van der Waals surface area contributed by atoms with Crippen LogP contribution < -0.4 is 20.6 Å². The number of nitro groups is 1. The lowest BCUT2D eigenvalue weighted by Gasteiger charge is -2.34. The Morgan fingerprint density at radius 2 is 1.97 bits per heavy atom. The first-order chi connectivity index (χ1) is 15.8. The SMILES string of the molecule is CCOC(=O)C1=C(C)N(N)C(=S)N[C@@H]1c1cc(OC)c(OCc2ccccc2)cc1[N+](=O)[O-]. The van der Waals surface area contributed by atoms with Gasteiger partial charge in [-0.15, -0.1) is 0 Å². The Bertz CT molecular complexity index is 1110. The van der Waals surface area contributed by atoms with Crippen LogP contribution in [0.3, 0.4) is 0 Å². The molecule has 11 heteroatoms. The van der Waals surface area contributed by atoms with Gasteiger partial charge in [0.05, 0.1) is 41.9 Å². The third-order valence-corrected chi connectivity index (χ3v) is 5.39. The van der Waals surface area contributed by atoms with E-state index in [0.717, 1.165) is 10.6 Å². The Morgan fingerprint density at radius 1 is 1.27 bits per heavy atom. The van der Waals surface area contributed by atoms with Gasteiger partial charge in [-0.05, 0) is 37.7 Å². The van der Waals surface area contributed by atoms with E-state index in [1.807, 2.05) is 30.3 Å². The summed E-state index contributed by atoms with van der Waals surface area (Å²) in [5, 5.41) is 16.1. The summed E-state index contributed by atoms with van der Waals surface area (Å²) in [6.07, 6.45) is 0. The number of hydrogen-bond acceptors (Lipinski definition) is 8. The van der Waals surface area contributed by atoms with E-state index in [4.69, 9.17) is 32.3 Å². The number of methoxy groups -OCH3 is 1. The van der Waals surface area contributed by atoms with Crippen LogP contribution in [0.2, 0.25) is 0 Å². The Labute approximate surface area is 196 Å². The number of nitrogens with zero attached hydrogens (tertiary/aromatic N) is 2. The fraction of sp³-hybridized carbons (Fsp3) is 0.273. The average molecular weight is 473 g/mol. The summed E-state index contributed by atoms with van der Waals surface area (Å²) in [6, 6.07) is 11.1. The van der Waals surface area contributed by atoms with Crippen molar-refractivity contribution in [2.45, 2.75) is 26.5 Å². The predicted octanol–water partition coefficient (Wildman–Crippen LogP) is 3.12. The van der Waals surface area contributed by atoms with Gasteiger partial charge in [0.2, 0.25) is 0 Å². The highest BCUT2D eigenvalue weighted by molar-refractivity contribution is 7.80. The molecule has 0 spiro atoms. The number of ether oxygens (including phenoxy) is 3. The van der Waals surface area contributed by atoms with Crippen LogP contribution >= 0.6 is 12.2 Å². The van der Waals surface area contributed by atoms with Gasteiger partial charge >= 0.3 is 5.97 Å². The lowest BCUT2D eigenvalue weighted by atomic mass is 9.93. The summed E-state index contributed by atoms with van der Waals surface area (Å²) in [6.45, 7) is 3.56. The van der Waals surface area contributed by atoms with Crippen molar-refractivity contribution < 1.29 is 23.9 Å². The maximum atomic E-state index is 12.7. The molecule has 0 saturated carbocycles. The van der Waals surface area contributed by atoms with Crippen LogP contribution in [0.15, 0.2) is 53.7 Å². The van der Waals surface area contributed by atoms with Crippen LogP contribution in [-0.2, 0) is 16.1 Å². The zero-order chi connectivity index (χ0) is 24.1. The molecule has 0 fully saturated rings. The molecule has 1 aliphatic heterocycles. The van der Waals surface area contributed by atoms with Crippen molar-refractivity contribution in [3.8, 4) is 11.5 Å². The Morgan fingerprint density at radius 3 is 2.58 bits per heavy atom. The van der Waals surface area contributed by atoms with Crippen molar-refractivity contribution in [1.82, 2.24) is 10.3 Å². The fourth-order valence-electron chi connectivity index (χ4n) is 3.43. The quantitative estimate of drug-likeness (QED) is 0.194. The topological polar surface area (TPSA) is 129 Å². The summed E-state index contributed by atoms with van der Waals surface area (Å²) in [5.41, 5.74) is 1.19. The van der Waals surface area contributed by atoms with Gasteiger partial charge in [-0.3, -0.25) is 15.1 Å². The monoisotopic (exact) mass is 472 g/mol. The number of nitrogens with two attached hydrogens (primary N) is 1. The first-order valence-electron chi connectivity index (χ1n) is 10.0. The van der Waals surface area contributed by atoms with E-state index in [1.165, 1.54) is 19.2 Å². The van der Waals surface area contributed by atoms with Crippen molar-refractivity contribution in [3.05, 3.63) is 75.0 Å². The molecule has 0 bridgehead atoms. The van der Waals surface area contributed by atoms with Gasteiger partial charge in [-0.1, -0.05) is 30.3 Å². The number of hydrazine groups is 1. The highest BCUT2D eigenvalue weighted by Gasteiger charge is 2.38. The second kappa shape index (κ2) is 10.3. The molecule has 1 aliphatic rings. The van der Waals surface area contributed by atoms with Gasteiger partial charge in [0.1, 0.15) is 6.61 Å². The van der Waals surface area contributed by atoms with Crippen LogP contribution in [0.25, 0.3) is 0 Å². The summed E-state index contributed by atoms with van der Waals surface area (Å²) >= 11 is 5.26. The third-order valence-electron chi connectivity index (χ3n) is 5.08. The van der Waals surface area contributed by atoms with Crippen molar-refractivity contribution in [2.24, 2.45) is 5.84 Å². The van der Waals surface area contributed by atoms with Crippen LogP contribution in [0, 0.1) is 10.1 Å². The van der Waals surface area contributed by atoms with Gasteiger partial charge in [0.15, 0.2) is 16.6 Å². The van der Waals surface area contributed by atoms with E-state index in [-0.39, 0.29) is 46.6 Å². The summed E-state index contributed by atoms with van der Waals surface area (Å²) in [4.78, 5) is 24.2. The Balaban J connectivity index is 2.09. The van der Waals surface area contributed by atoms with E-state index in [9.17, 15) is 14.9 Å². The van der Waals surface area contributed by atoms with E-state index >= 15 is 0 Å². The lowest BCUT2D eigenvalue weighted by molar-refractivity contribution is -0.385. The maximum Gasteiger partial charge on any atom is 0.338 e. The summed E-state index contributed by atoms with van der Waals surface area (Å²) in [5.74, 6) is 5.73. The van der Waals surface area contributed by atoms with Gasteiger partial charge < -0.3 is 19.5 Å². The zero-order valence-corrected chi connectivity index (χ0v) is 19.2. The minimum atomic E-state index is -0.978. The number of carbonyl (C=O) groups excluding carboxylic acids is 1. The van der Waals surface area contributed by atoms with E-state index < -0.39 is 16.9 Å². The maximum absolute atomic E-state index is 12.7. The standard InChI is InChI=1S/C22H24N4O6S/c1-4-31-21(27)19-13(2)25(23)22(33)24-20(19)15-10-17(30-3)18(11-16(15)26(28)29)32-12-14-8-6-5-7-9-14/h5-11,20H,4,12,23H2,1-3H3,(H,24,33)/t20-/m1/s1. The minimum Gasteiger partial charge on any atom is -0.493 e. The van der Waals surface area contributed by atoms with Gasteiger partial charge in [0, 0.05) is 5.70 Å². The molecule has 174 valence electrons. The molecule has 1 heterocycles. The zero-order valence-electron chi connectivity index (χ0n) is 18.4. The smallest absolute Gasteiger partial charge is 0.338 e. The fourth-order valence-corrected chi connectivity index (χ4v) is 3.68. The second-order valence-electron chi connectivity index (χ2n) is 7.07. The van der Waals surface area contributed by atoms with Crippen molar-refractivity contribution >= 4 is 29.0 Å². The van der Waals surface area contributed by atoms with E-state index in [0.29, 0.717) is 5.70 Å². The van der Waals surface area contributed by atoms with Crippen LogP contribution in [-0.4, -0.2) is 34.7 Å². The van der Waals surface area contributed by atoms with Crippen molar-refractivity contribution in [2.75, 3.05) is 13.7 Å². The molecule has 0 amide bonds. The van der Waals surface area contributed by atoms with E-state index in [1.54, 1.807) is 13.8 Å². The molecule has 1 atom stereocenters. The molecule has 33 heavy (non-hydrogen) atoms. The number of thiocarbonyl (C=S) groups is 1. The molecule has 2 aromatic carbocycles. The predicted molar refractivity (Wildman–Crippen MR) is 124 cm³/mol. The Hall–Kier alpha value is -3.70. The Kier molecular flexibility index (Phi) is 7.46. The highest BCUT2D eigenvalue weighted by Crippen LogP contribution is 2.41. The first kappa shape index (κ1) is 24.0. The molecule has 0 radical (unpaired) electrons. The third kappa shape index (κ3) is 5.04. The highest BCUT2D eigenvalue weighted by atomic mass is 32.1. The molecular weight excluding hydrogens is 448 g/mol. The number of rotatable bonds is 8. The summed E-state index contributed by atoms with van der Waals surface area (Å²) in [7, 11) is 1.42. The molecule has 2 aromatic rings. The normalized spacial score (nSPS) is 15.7. The summed E-state index contributed by atoms with van der Waals surface area (Å²) < 4.78 is 16.4. The molecule has 10 nitrogen and oxygen atoms in total. The molecule has 0 saturated heterocycles. The average Bonchev–Trinajstić information content (AvgIpc) is 2.81. The van der Waals surface area contributed by atoms with Gasteiger partial charge in [0.25, 0.3) is 5.69 Å². The van der Waals surface area contributed by atoms with Crippen LogP contribution in [0.1, 0.15) is 31.0 Å². The van der Waals surface area contributed by atoms with E-state index in [2.05, 4.69) is 5.32 Å². The largest absolute Gasteiger partial charge is 0.493 e. The number of carbonyl (C=O) groups is 1. The number of esters is 1. The molecule has 0 unspecified atom stereocenters. The number of nitro benzene ring substituents is 1. The van der Waals surface area contributed by atoms with Crippen molar-refractivity contribution in [1.29, 1.82) is 0 Å². The lowest BCUT2D eigenvalue weighted by Crippen LogP contribution is -2.51. The number of hydrogen-bond donors (Lipinski definition) is 2. The van der Waals surface area contributed by atoms with Gasteiger partial charge in [-0.2, -0.15) is 0 Å². The molecule has 3 N–H and O–H groups in total. The number of nitrogens with one attached hydrogen (secondary N) is 1. The molecule has 0 aliphatic carbocycles. The molecule has 3 rings (SSSR count). The minimum absolute atomic E-state index is 0.100. The first-order valence-corrected chi connectivity index (χ1v) is 10.5. The molecule has 0 aromatic heterocycles. The van der Waals surface area contributed by atoms with Gasteiger partial charge in [-0.25, -0.2) is 10.6 Å². The molecular formula is C22H24N4O6S. The second-order valence-corrected chi connectivity index (χ2v) is 7.45. The van der Waals surface area contributed by atoms with Crippen molar-refractivity contribution in [3.63, 3.8) is 0 Å². The van der Waals surface area contributed by atoms with Crippen LogP contribution in [0.4, 0.5) is 5.69 Å².